The number of aromatic nitrogens is 2. The maximum Gasteiger partial charge on any atom is 0.269 e. The molecule has 0 aliphatic heterocycles. The van der Waals surface area contributed by atoms with Crippen molar-refractivity contribution in [2.24, 2.45) is 0 Å². The van der Waals surface area contributed by atoms with Gasteiger partial charge >= 0.3 is 0 Å². The van der Waals surface area contributed by atoms with Crippen molar-refractivity contribution >= 4 is 22.9 Å². The highest BCUT2D eigenvalue weighted by molar-refractivity contribution is 6.06. The number of anilines is 1. The smallest absolute Gasteiger partial charge is 0.269 e. The van der Waals surface area contributed by atoms with Crippen LogP contribution < -0.4 is 4.90 Å². The van der Waals surface area contributed by atoms with Gasteiger partial charge in [0.2, 0.25) is 0 Å². The van der Waals surface area contributed by atoms with E-state index < -0.39 is 4.92 Å². The average Bonchev–Trinajstić information content (AvgIpc) is 3.15. The van der Waals surface area contributed by atoms with Crippen molar-refractivity contribution in [3.8, 4) is 0 Å². The van der Waals surface area contributed by atoms with Crippen LogP contribution in [0.1, 0.15) is 16.1 Å². The Morgan fingerprint density at radius 1 is 1.00 bits per heavy atom. The molecule has 138 valence electrons. The first kappa shape index (κ1) is 17.4. The molecule has 2 aromatic carbocycles. The monoisotopic (exact) mass is 372 g/mol. The van der Waals surface area contributed by atoms with Gasteiger partial charge in [-0.05, 0) is 36.4 Å². The molecule has 2 heterocycles. The number of para-hydroxylation sites is 1. The van der Waals surface area contributed by atoms with Gasteiger partial charge in [0, 0.05) is 29.6 Å². The first-order chi connectivity index (χ1) is 13.6. The van der Waals surface area contributed by atoms with Crippen LogP contribution in [0, 0.1) is 10.1 Å². The van der Waals surface area contributed by atoms with Crippen LogP contribution in [0.2, 0.25) is 0 Å². The molecule has 0 spiro atoms. The van der Waals surface area contributed by atoms with Crippen LogP contribution in [-0.4, -0.2) is 20.2 Å². The molecule has 0 fully saturated rings. The van der Waals surface area contributed by atoms with Gasteiger partial charge in [-0.15, -0.1) is 0 Å². The van der Waals surface area contributed by atoms with Gasteiger partial charge in [-0.1, -0.05) is 24.3 Å². The molecule has 0 aliphatic rings. The van der Waals surface area contributed by atoms with Gasteiger partial charge in [0.05, 0.1) is 23.4 Å². The first-order valence-electron chi connectivity index (χ1n) is 8.66. The number of carbonyl (C=O) groups is 1. The number of benzene rings is 2. The topological polar surface area (TPSA) is 80.8 Å². The van der Waals surface area contributed by atoms with Gasteiger partial charge in [-0.25, -0.2) is 4.98 Å². The predicted molar refractivity (Wildman–Crippen MR) is 105 cm³/mol. The fourth-order valence-electron chi connectivity index (χ4n) is 3.03. The molecule has 0 aliphatic carbocycles. The number of nitro groups is 1. The number of amides is 1. The van der Waals surface area contributed by atoms with E-state index in [1.54, 1.807) is 11.1 Å². The SMILES string of the molecule is O=C(c1ccc([N+](=O)[O-])cc1)N(Cc1cnc2ccccn12)c1ccccc1. The summed E-state index contributed by atoms with van der Waals surface area (Å²) < 4.78 is 1.93. The fourth-order valence-corrected chi connectivity index (χ4v) is 3.03. The van der Waals surface area contributed by atoms with Gasteiger partial charge in [-0.3, -0.25) is 14.9 Å². The molecule has 0 N–H and O–H groups in total. The van der Waals surface area contributed by atoms with Gasteiger partial charge < -0.3 is 9.30 Å². The molecule has 7 heteroatoms. The van der Waals surface area contributed by atoms with Crippen LogP contribution in [0.3, 0.4) is 0 Å². The summed E-state index contributed by atoms with van der Waals surface area (Å²) in [5, 5.41) is 10.9. The molecule has 2 aromatic heterocycles. The molecule has 7 nitrogen and oxygen atoms in total. The summed E-state index contributed by atoms with van der Waals surface area (Å²) in [7, 11) is 0. The number of carbonyl (C=O) groups excluding carboxylic acids is 1. The van der Waals surface area contributed by atoms with Crippen molar-refractivity contribution in [3.05, 3.63) is 107 Å². The minimum Gasteiger partial charge on any atom is -0.302 e. The summed E-state index contributed by atoms with van der Waals surface area (Å²) in [6.07, 6.45) is 3.64. The minimum atomic E-state index is -0.484. The molecular formula is C21H16N4O3. The Balaban J connectivity index is 1.71. The second-order valence-electron chi connectivity index (χ2n) is 6.21. The summed E-state index contributed by atoms with van der Waals surface area (Å²) in [6.45, 7) is 0.311. The standard InChI is InChI=1S/C21H16N4O3/c26-21(16-9-11-18(12-10-16)25(27)28)24(17-6-2-1-3-7-17)15-19-14-22-20-8-4-5-13-23(19)20/h1-14H,15H2. The molecule has 4 rings (SSSR count). The highest BCUT2D eigenvalue weighted by atomic mass is 16.6. The largest absolute Gasteiger partial charge is 0.302 e. The number of hydrogen-bond donors (Lipinski definition) is 0. The van der Waals surface area contributed by atoms with E-state index in [9.17, 15) is 14.9 Å². The van der Waals surface area contributed by atoms with Gasteiger partial charge in [-0.2, -0.15) is 0 Å². The third-order valence-corrected chi connectivity index (χ3v) is 4.45. The zero-order chi connectivity index (χ0) is 19.5. The Bertz CT molecular complexity index is 1140. The molecule has 28 heavy (non-hydrogen) atoms. The van der Waals surface area contributed by atoms with Crippen LogP contribution in [-0.2, 0) is 6.54 Å². The van der Waals surface area contributed by atoms with E-state index in [0.29, 0.717) is 12.1 Å². The molecule has 0 unspecified atom stereocenters. The highest BCUT2D eigenvalue weighted by Crippen LogP contribution is 2.22. The van der Waals surface area contributed by atoms with E-state index in [1.165, 1.54) is 24.3 Å². The van der Waals surface area contributed by atoms with E-state index in [4.69, 9.17) is 0 Å². The summed E-state index contributed by atoms with van der Waals surface area (Å²) in [5.41, 5.74) is 2.72. The summed E-state index contributed by atoms with van der Waals surface area (Å²) in [4.78, 5) is 29.6. The lowest BCUT2D eigenvalue weighted by molar-refractivity contribution is -0.384. The zero-order valence-corrected chi connectivity index (χ0v) is 14.8. The number of rotatable bonds is 5. The van der Waals surface area contributed by atoms with Crippen molar-refractivity contribution in [1.82, 2.24) is 9.38 Å². The number of nitro benzene ring substituents is 1. The molecular weight excluding hydrogens is 356 g/mol. The van der Waals surface area contributed by atoms with Gasteiger partial charge in [0.25, 0.3) is 11.6 Å². The minimum absolute atomic E-state index is 0.0513. The van der Waals surface area contributed by atoms with Crippen molar-refractivity contribution in [1.29, 1.82) is 0 Å². The van der Waals surface area contributed by atoms with Crippen molar-refractivity contribution < 1.29 is 9.72 Å². The Kier molecular flexibility index (Phi) is 4.55. The number of hydrogen-bond acceptors (Lipinski definition) is 4. The van der Waals surface area contributed by atoms with Crippen LogP contribution >= 0.6 is 0 Å². The second kappa shape index (κ2) is 7.32. The number of nitrogens with zero attached hydrogens (tertiary/aromatic N) is 4. The maximum absolute atomic E-state index is 13.2. The highest BCUT2D eigenvalue weighted by Gasteiger charge is 2.20. The van der Waals surface area contributed by atoms with Gasteiger partial charge in [0.15, 0.2) is 0 Å². The molecule has 4 aromatic rings. The third kappa shape index (κ3) is 3.33. The zero-order valence-electron chi connectivity index (χ0n) is 14.8. The van der Waals surface area contributed by atoms with Crippen molar-refractivity contribution in [2.45, 2.75) is 6.54 Å². The number of pyridine rings is 1. The third-order valence-electron chi connectivity index (χ3n) is 4.45. The average molecular weight is 372 g/mol. The first-order valence-corrected chi connectivity index (χ1v) is 8.66. The van der Waals surface area contributed by atoms with E-state index >= 15 is 0 Å². The molecule has 0 atom stereocenters. The van der Waals surface area contributed by atoms with Crippen LogP contribution in [0.5, 0.6) is 0 Å². The number of imidazole rings is 1. The molecule has 1 amide bonds. The summed E-state index contributed by atoms with van der Waals surface area (Å²) >= 11 is 0. The van der Waals surface area contributed by atoms with Crippen LogP contribution in [0.4, 0.5) is 11.4 Å². The normalized spacial score (nSPS) is 10.7. The van der Waals surface area contributed by atoms with Crippen molar-refractivity contribution in [3.63, 3.8) is 0 Å². The van der Waals surface area contributed by atoms with Crippen LogP contribution in [0.15, 0.2) is 85.2 Å². The lowest BCUT2D eigenvalue weighted by Gasteiger charge is -2.23. The lowest BCUT2D eigenvalue weighted by Crippen LogP contribution is -2.30. The predicted octanol–water partition coefficient (Wildman–Crippen LogP) is 4.09. The van der Waals surface area contributed by atoms with E-state index in [1.807, 2.05) is 59.1 Å². The summed E-state index contributed by atoms with van der Waals surface area (Å²) in [5.74, 6) is -0.244. The second-order valence-corrected chi connectivity index (χ2v) is 6.21. The van der Waals surface area contributed by atoms with Crippen molar-refractivity contribution in [2.75, 3.05) is 4.90 Å². The van der Waals surface area contributed by atoms with E-state index in [-0.39, 0.29) is 11.6 Å². The van der Waals surface area contributed by atoms with Gasteiger partial charge in [0.1, 0.15) is 5.65 Å². The Hall–Kier alpha value is -4.00. The fraction of sp³-hybridized carbons (Fsp3) is 0.0476. The molecule has 0 saturated carbocycles. The Morgan fingerprint density at radius 2 is 1.71 bits per heavy atom. The van der Waals surface area contributed by atoms with E-state index in [0.717, 1.165) is 17.0 Å². The maximum atomic E-state index is 13.2. The number of non-ortho nitro benzene ring substituents is 1. The molecule has 0 radical (unpaired) electrons. The lowest BCUT2D eigenvalue weighted by atomic mass is 10.1. The Morgan fingerprint density at radius 3 is 2.43 bits per heavy atom. The van der Waals surface area contributed by atoms with E-state index in [2.05, 4.69) is 4.98 Å². The Labute approximate surface area is 160 Å². The summed E-state index contributed by atoms with van der Waals surface area (Å²) in [6, 6.07) is 20.6. The number of fused-ring (bicyclic) bond motifs is 1. The molecule has 0 saturated heterocycles. The molecule has 0 bridgehead atoms. The quantitative estimate of drug-likeness (QED) is 0.390. The van der Waals surface area contributed by atoms with Crippen LogP contribution in [0.25, 0.3) is 5.65 Å².